The molecule has 0 aliphatic carbocycles. The second-order valence-electron chi connectivity index (χ2n) is 3.10. The van der Waals surface area contributed by atoms with Gasteiger partial charge in [-0.3, -0.25) is 0 Å². The summed E-state index contributed by atoms with van der Waals surface area (Å²) in [6, 6.07) is 3.68. The maximum atomic E-state index is 13.0. The number of halogens is 2. The van der Waals surface area contributed by atoms with Gasteiger partial charge >= 0.3 is 0 Å². The monoisotopic (exact) mass is 245 g/mol. The van der Waals surface area contributed by atoms with E-state index in [-0.39, 0.29) is 17.1 Å². The van der Waals surface area contributed by atoms with Crippen molar-refractivity contribution in [1.82, 2.24) is 0 Å². The van der Waals surface area contributed by atoms with Crippen LogP contribution < -0.4 is 0 Å². The Morgan fingerprint density at radius 2 is 2.19 bits per heavy atom. The molecule has 1 rings (SSSR count). The summed E-state index contributed by atoms with van der Waals surface area (Å²) in [6.45, 7) is -0.290. The van der Waals surface area contributed by atoms with Gasteiger partial charge in [-0.05, 0) is 23.2 Å². The van der Waals surface area contributed by atoms with E-state index in [4.69, 9.17) is 17.1 Å². The van der Waals surface area contributed by atoms with Gasteiger partial charge in [0, 0.05) is 4.91 Å². The third kappa shape index (κ3) is 3.08. The standard InChI is InChI=1S/C9H9ClFN3O2/c10-6-2-1-5(3-7(6)11)9(16)8(15)4-13-14-12/h1-3,8-9,15-16H,4H2. The number of nitrogens with zero attached hydrogens (tertiary/aromatic N) is 3. The summed E-state index contributed by atoms with van der Waals surface area (Å²) in [5, 5.41) is 22.0. The Bertz CT molecular complexity index is 423. The zero-order chi connectivity index (χ0) is 12.1. The molecule has 2 N–H and O–H groups in total. The minimum atomic E-state index is -1.32. The predicted molar refractivity (Wildman–Crippen MR) is 56.4 cm³/mol. The minimum absolute atomic E-state index is 0.0690. The van der Waals surface area contributed by atoms with E-state index in [1.165, 1.54) is 12.1 Å². The summed E-state index contributed by atoms with van der Waals surface area (Å²) in [5.41, 5.74) is 8.21. The van der Waals surface area contributed by atoms with E-state index >= 15 is 0 Å². The summed E-state index contributed by atoms with van der Waals surface area (Å²) in [7, 11) is 0. The molecule has 0 aliphatic rings. The van der Waals surface area contributed by atoms with Crippen LogP contribution in [0.1, 0.15) is 11.7 Å². The highest BCUT2D eigenvalue weighted by molar-refractivity contribution is 6.30. The molecular formula is C9H9ClFN3O2. The lowest BCUT2D eigenvalue weighted by atomic mass is 10.0. The third-order valence-corrected chi connectivity index (χ3v) is 2.29. The number of aliphatic hydroxyl groups is 2. The number of hydrogen-bond donors (Lipinski definition) is 2. The highest BCUT2D eigenvalue weighted by Crippen LogP contribution is 2.22. The first-order valence-electron chi connectivity index (χ1n) is 4.38. The first-order chi connectivity index (χ1) is 7.56. The average molecular weight is 246 g/mol. The van der Waals surface area contributed by atoms with Crippen molar-refractivity contribution in [2.24, 2.45) is 5.11 Å². The normalized spacial score (nSPS) is 14.0. The number of azide groups is 1. The molecule has 2 atom stereocenters. The molecule has 86 valence electrons. The van der Waals surface area contributed by atoms with Crippen LogP contribution in [0.15, 0.2) is 23.3 Å². The van der Waals surface area contributed by atoms with Gasteiger partial charge in [0.2, 0.25) is 0 Å². The van der Waals surface area contributed by atoms with Crippen LogP contribution in [0.3, 0.4) is 0 Å². The van der Waals surface area contributed by atoms with Crippen LogP contribution in [0.5, 0.6) is 0 Å². The summed E-state index contributed by atoms with van der Waals surface area (Å²) >= 11 is 5.46. The molecule has 0 aliphatic heterocycles. The zero-order valence-electron chi connectivity index (χ0n) is 8.09. The number of benzene rings is 1. The molecule has 0 bridgehead atoms. The van der Waals surface area contributed by atoms with E-state index in [2.05, 4.69) is 10.0 Å². The highest BCUT2D eigenvalue weighted by atomic mass is 35.5. The molecule has 0 saturated carbocycles. The van der Waals surface area contributed by atoms with Gasteiger partial charge in [0.05, 0.1) is 17.7 Å². The van der Waals surface area contributed by atoms with E-state index in [9.17, 15) is 14.6 Å². The van der Waals surface area contributed by atoms with Crippen molar-refractivity contribution in [3.8, 4) is 0 Å². The Morgan fingerprint density at radius 3 is 2.75 bits per heavy atom. The third-order valence-electron chi connectivity index (χ3n) is 1.98. The van der Waals surface area contributed by atoms with Crippen LogP contribution in [-0.2, 0) is 0 Å². The lowest BCUT2D eigenvalue weighted by Crippen LogP contribution is -2.21. The van der Waals surface area contributed by atoms with Crippen molar-refractivity contribution in [1.29, 1.82) is 0 Å². The molecule has 2 unspecified atom stereocenters. The van der Waals surface area contributed by atoms with Crippen LogP contribution in [-0.4, -0.2) is 22.9 Å². The van der Waals surface area contributed by atoms with Crippen LogP contribution >= 0.6 is 11.6 Å². The SMILES string of the molecule is [N-]=[N+]=NCC(O)C(O)c1ccc(Cl)c(F)c1. The summed E-state index contributed by atoms with van der Waals surface area (Å²) < 4.78 is 13.0. The van der Waals surface area contributed by atoms with Gasteiger partial charge in [-0.15, -0.1) is 0 Å². The van der Waals surface area contributed by atoms with Gasteiger partial charge in [0.15, 0.2) is 0 Å². The second kappa shape index (κ2) is 5.67. The number of hydrogen-bond acceptors (Lipinski definition) is 3. The van der Waals surface area contributed by atoms with E-state index in [0.717, 1.165) is 6.07 Å². The molecule has 1 aromatic rings. The molecule has 0 fully saturated rings. The van der Waals surface area contributed by atoms with E-state index in [1.807, 2.05) is 0 Å². The molecule has 1 aromatic carbocycles. The molecule has 0 heterocycles. The highest BCUT2D eigenvalue weighted by Gasteiger charge is 2.18. The fourth-order valence-electron chi connectivity index (χ4n) is 1.14. The van der Waals surface area contributed by atoms with Gasteiger partial charge in [-0.1, -0.05) is 22.8 Å². The maximum absolute atomic E-state index is 13.0. The largest absolute Gasteiger partial charge is 0.390 e. The van der Waals surface area contributed by atoms with Gasteiger partial charge in [-0.25, -0.2) is 4.39 Å². The molecular weight excluding hydrogens is 237 g/mol. The van der Waals surface area contributed by atoms with Crippen molar-refractivity contribution in [2.45, 2.75) is 12.2 Å². The Hall–Kier alpha value is -1.33. The second-order valence-corrected chi connectivity index (χ2v) is 3.51. The van der Waals surface area contributed by atoms with Crippen LogP contribution in [0.2, 0.25) is 5.02 Å². The van der Waals surface area contributed by atoms with Gasteiger partial charge < -0.3 is 10.2 Å². The topological polar surface area (TPSA) is 89.2 Å². The molecule has 0 amide bonds. The minimum Gasteiger partial charge on any atom is -0.390 e. The Balaban J connectivity index is 2.82. The summed E-state index contributed by atoms with van der Waals surface area (Å²) in [6.07, 6.45) is -2.60. The van der Waals surface area contributed by atoms with E-state index in [0.29, 0.717) is 0 Å². The summed E-state index contributed by atoms with van der Waals surface area (Å²) in [5.74, 6) is -0.686. The van der Waals surface area contributed by atoms with Gasteiger partial charge in [-0.2, -0.15) is 0 Å². The van der Waals surface area contributed by atoms with Gasteiger partial charge in [0.1, 0.15) is 11.9 Å². The average Bonchev–Trinajstić information content (AvgIpc) is 2.28. The van der Waals surface area contributed by atoms with Crippen molar-refractivity contribution in [3.05, 3.63) is 45.0 Å². The Morgan fingerprint density at radius 1 is 1.50 bits per heavy atom. The van der Waals surface area contributed by atoms with Crippen LogP contribution in [0.4, 0.5) is 4.39 Å². The van der Waals surface area contributed by atoms with Crippen molar-refractivity contribution >= 4 is 11.6 Å². The Kier molecular flexibility index (Phi) is 4.52. The predicted octanol–water partition coefficient (Wildman–Crippen LogP) is 2.18. The van der Waals surface area contributed by atoms with Gasteiger partial charge in [0.25, 0.3) is 0 Å². The maximum Gasteiger partial charge on any atom is 0.142 e. The number of aliphatic hydroxyl groups excluding tert-OH is 2. The smallest absolute Gasteiger partial charge is 0.142 e. The molecule has 0 aromatic heterocycles. The van der Waals surface area contributed by atoms with E-state index in [1.54, 1.807) is 0 Å². The van der Waals surface area contributed by atoms with Crippen molar-refractivity contribution in [3.63, 3.8) is 0 Å². The number of rotatable bonds is 4. The molecule has 0 radical (unpaired) electrons. The lowest BCUT2D eigenvalue weighted by Gasteiger charge is -2.16. The molecule has 0 spiro atoms. The van der Waals surface area contributed by atoms with Crippen LogP contribution in [0.25, 0.3) is 10.4 Å². The molecule has 5 nitrogen and oxygen atoms in total. The zero-order valence-corrected chi connectivity index (χ0v) is 8.84. The van der Waals surface area contributed by atoms with Crippen molar-refractivity contribution < 1.29 is 14.6 Å². The molecule has 16 heavy (non-hydrogen) atoms. The van der Waals surface area contributed by atoms with Crippen LogP contribution in [0, 0.1) is 5.82 Å². The Labute approximate surface area is 95.7 Å². The molecule has 0 saturated heterocycles. The quantitative estimate of drug-likeness (QED) is 0.484. The fourth-order valence-corrected chi connectivity index (χ4v) is 1.26. The fraction of sp³-hybridized carbons (Fsp3) is 0.333. The molecule has 7 heteroatoms. The first-order valence-corrected chi connectivity index (χ1v) is 4.76. The van der Waals surface area contributed by atoms with Crippen molar-refractivity contribution in [2.75, 3.05) is 6.54 Å². The summed E-state index contributed by atoms with van der Waals surface area (Å²) in [4.78, 5) is 2.44. The first kappa shape index (κ1) is 12.7. The lowest BCUT2D eigenvalue weighted by molar-refractivity contribution is 0.0242. The van der Waals surface area contributed by atoms with E-state index < -0.39 is 18.0 Å².